The molecule has 1 aromatic heterocycles. The fourth-order valence-electron chi connectivity index (χ4n) is 2.31. The molecule has 0 aliphatic rings. The molecule has 0 saturated carbocycles. The Morgan fingerprint density at radius 3 is 2.86 bits per heavy atom. The van der Waals surface area contributed by atoms with Crippen LogP contribution in [-0.4, -0.2) is 15.9 Å². The number of fused-ring (bicyclic) bond motifs is 1. The molecule has 0 aliphatic carbocycles. The Hall–Kier alpha value is -2.33. The highest BCUT2D eigenvalue weighted by Crippen LogP contribution is 2.23. The number of benzene rings is 2. The summed E-state index contributed by atoms with van der Waals surface area (Å²) < 4.78 is 0. The van der Waals surface area contributed by atoms with Gasteiger partial charge >= 0.3 is 0 Å². The largest absolute Gasteiger partial charge is 0.342 e. The van der Waals surface area contributed by atoms with Crippen molar-refractivity contribution in [2.24, 2.45) is 0 Å². The van der Waals surface area contributed by atoms with Crippen LogP contribution in [0.5, 0.6) is 0 Å². The van der Waals surface area contributed by atoms with E-state index >= 15 is 0 Å². The topological polar surface area (TPSA) is 57.8 Å². The first-order valence-electron chi connectivity index (χ1n) is 7.12. The summed E-state index contributed by atoms with van der Waals surface area (Å²) in [6.07, 6.45) is 0.936. The number of amides is 1. The number of carbonyl (C=O) groups excluding carboxylic acids is 1. The summed E-state index contributed by atoms with van der Waals surface area (Å²) in [5.74, 6) is 0.769. The van der Waals surface area contributed by atoms with Gasteiger partial charge in [0.05, 0.1) is 11.0 Å². The molecule has 2 N–H and O–H groups in total. The standard InChI is InChI=1S/C17H16ClN3O/c1-11-12(18)5-4-8-13(11)21-17(22)10-9-16-19-14-6-2-3-7-15(14)20-16/h2-8H,9-10H2,1H3,(H,19,20)(H,21,22). The highest BCUT2D eigenvalue weighted by Gasteiger charge is 2.09. The number of halogens is 1. The minimum atomic E-state index is -0.0502. The number of H-pyrrole nitrogens is 1. The predicted molar refractivity (Wildman–Crippen MR) is 89.2 cm³/mol. The van der Waals surface area contributed by atoms with E-state index in [-0.39, 0.29) is 5.91 Å². The Kier molecular flexibility index (Phi) is 4.11. The molecule has 0 atom stereocenters. The second-order valence-electron chi connectivity index (χ2n) is 5.16. The third kappa shape index (κ3) is 3.12. The molecule has 3 rings (SSSR count). The average molecular weight is 314 g/mol. The third-order valence-corrected chi connectivity index (χ3v) is 3.98. The third-order valence-electron chi connectivity index (χ3n) is 3.57. The van der Waals surface area contributed by atoms with Crippen LogP contribution < -0.4 is 5.32 Å². The summed E-state index contributed by atoms with van der Waals surface area (Å²) in [6, 6.07) is 13.3. The number of aryl methyl sites for hydroxylation is 1. The van der Waals surface area contributed by atoms with Gasteiger partial charge in [0.15, 0.2) is 0 Å². The Balaban J connectivity index is 1.63. The lowest BCUT2D eigenvalue weighted by molar-refractivity contribution is -0.116. The predicted octanol–water partition coefficient (Wildman–Crippen LogP) is 4.10. The van der Waals surface area contributed by atoms with Crippen molar-refractivity contribution in [2.75, 3.05) is 5.32 Å². The molecular formula is C17H16ClN3O. The molecule has 22 heavy (non-hydrogen) atoms. The maximum absolute atomic E-state index is 12.1. The SMILES string of the molecule is Cc1c(Cl)cccc1NC(=O)CCc1nc2ccccc2[nH]1. The van der Waals surface area contributed by atoms with E-state index in [1.165, 1.54) is 0 Å². The normalized spacial score (nSPS) is 10.8. The minimum absolute atomic E-state index is 0.0502. The number of anilines is 1. The summed E-state index contributed by atoms with van der Waals surface area (Å²) in [7, 11) is 0. The van der Waals surface area contributed by atoms with Gasteiger partial charge in [-0.2, -0.15) is 0 Å². The van der Waals surface area contributed by atoms with E-state index in [1.54, 1.807) is 6.07 Å². The van der Waals surface area contributed by atoms with Gasteiger partial charge in [0, 0.05) is 23.6 Å². The molecule has 112 valence electrons. The molecule has 0 aliphatic heterocycles. The van der Waals surface area contributed by atoms with Crippen LogP contribution in [0.3, 0.4) is 0 Å². The van der Waals surface area contributed by atoms with Crippen molar-refractivity contribution in [3.8, 4) is 0 Å². The first-order chi connectivity index (χ1) is 10.6. The van der Waals surface area contributed by atoms with Crippen LogP contribution in [0.2, 0.25) is 5.02 Å². The molecule has 0 fully saturated rings. The monoisotopic (exact) mass is 313 g/mol. The number of aromatic nitrogens is 2. The average Bonchev–Trinajstić information content (AvgIpc) is 2.93. The number of rotatable bonds is 4. The Bertz CT molecular complexity index is 793. The van der Waals surface area contributed by atoms with E-state index in [0.717, 1.165) is 28.1 Å². The molecule has 0 spiro atoms. The summed E-state index contributed by atoms with van der Waals surface area (Å²) in [5, 5.41) is 3.54. The molecule has 1 amide bonds. The molecule has 1 heterocycles. The number of hydrogen-bond acceptors (Lipinski definition) is 2. The van der Waals surface area contributed by atoms with E-state index in [4.69, 9.17) is 11.6 Å². The lowest BCUT2D eigenvalue weighted by atomic mass is 10.2. The van der Waals surface area contributed by atoms with Gasteiger partial charge in [0.25, 0.3) is 0 Å². The molecule has 0 saturated heterocycles. The van der Waals surface area contributed by atoms with Crippen molar-refractivity contribution < 1.29 is 4.79 Å². The summed E-state index contributed by atoms with van der Waals surface area (Å²) in [6.45, 7) is 1.89. The summed E-state index contributed by atoms with van der Waals surface area (Å²) in [5.41, 5.74) is 3.54. The molecule has 0 radical (unpaired) electrons. The smallest absolute Gasteiger partial charge is 0.224 e. The van der Waals surface area contributed by atoms with Gasteiger partial charge in [-0.1, -0.05) is 29.8 Å². The molecule has 4 nitrogen and oxygen atoms in total. The van der Waals surface area contributed by atoms with Gasteiger partial charge in [-0.3, -0.25) is 4.79 Å². The molecular weight excluding hydrogens is 298 g/mol. The molecule has 5 heteroatoms. The maximum Gasteiger partial charge on any atom is 0.224 e. The number of nitrogens with zero attached hydrogens (tertiary/aromatic N) is 1. The molecule has 2 aromatic carbocycles. The number of hydrogen-bond donors (Lipinski definition) is 2. The maximum atomic E-state index is 12.1. The quantitative estimate of drug-likeness (QED) is 0.762. The second-order valence-corrected chi connectivity index (χ2v) is 5.57. The van der Waals surface area contributed by atoms with Crippen LogP contribution in [0.25, 0.3) is 11.0 Å². The van der Waals surface area contributed by atoms with E-state index in [9.17, 15) is 4.79 Å². The zero-order chi connectivity index (χ0) is 15.5. The highest BCUT2D eigenvalue weighted by atomic mass is 35.5. The van der Waals surface area contributed by atoms with Crippen LogP contribution in [0.15, 0.2) is 42.5 Å². The number of carbonyl (C=O) groups is 1. The van der Waals surface area contributed by atoms with Gasteiger partial charge in [-0.15, -0.1) is 0 Å². The van der Waals surface area contributed by atoms with Crippen LogP contribution >= 0.6 is 11.6 Å². The summed E-state index contributed by atoms with van der Waals surface area (Å²) in [4.78, 5) is 19.8. The van der Waals surface area contributed by atoms with E-state index in [2.05, 4.69) is 15.3 Å². The minimum Gasteiger partial charge on any atom is -0.342 e. The van der Waals surface area contributed by atoms with Crippen molar-refractivity contribution in [2.45, 2.75) is 19.8 Å². The van der Waals surface area contributed by atoms with Crippen molar-refractivity contribution in [3.63, 3.8) is 0 Å². The number of aromatic amines is 1. The first-order valence-corrected chi connectivity index (χ1v) is 7.50. The molecule has 0 unspecified atom stereocenters. The van der Waals surface area contributed by atoms with Crippen LogP contribution in [-0.2, 0) is 11.2 Å². The van der Waals surface area contributed by atoms with E-state index in [1.807, 2.05) is 43.3 Å². The molecule has 3 aromatic rings. The van der Waals surface area contributed by atoms with Crippen LogP contribution in [0.1, 0.15) is 17.8 Å². The highest BCUT2D eigenvalue weighted by molar-refractivity contribution is 6.31. The van der Waals surface area contributed by atoms with Crippen molar-refractivity contribution in [1.29, 1.82) is 0 Å². The van der Waals surface area contributed by atoms with Gasteiger partial charge in [-0.05, 0) is 36.8 Å². The fourth-order valence-corrected chi connectivity index (χ4v) is 2.49. The van der Waals surface area contributed by atoms with Crippen LogP contribution in [0.4, 0.5) is 5.69 Å². The fraction of sp³-hybridized carbons (Fsp3) is 0.176. The van der Waals surface area contributed by atoms with Crippen molar-refractivity contribution >= 4 is 34.2 Å². The second kappa shape index (κ2) is 6.20. The lowest BCUT2D eigenvalue weighted by Crippen LogP contribution is -2.13. The summed E-state index contributed by atoms with van der Waals surface area (Å²) >= 11 is 6.05. The first kappa shape index (κ1) is 14.6. The Labute approximate surface area is 133 Å². The lowest BCUT2D eigenvalue weighted by Gasteiger charge is -2.08. The zero-order valence-corrected chi connectivity index (χ0v) is 12.9. The van der Waals surface area contributed by atoms with Gasteiger partial charge in [0.2, 0.25) is 5.91 Å². The van der Waals surface area contributed by atoms with Crippen molar-refractivity contribution in [1.82, 2.24) is 9.97 Å². The Morgan fingerprint density at radius 1 is 1.23 bits per heavy atom. The van der Waals surface area contributed by atoms with Crippen molar-refractivity contribution in [3.05, 3.63) is 58.9 Å². The van der Waals surface area contributed by atoms with Crippen LogP contribution in [0, 0.1) is 6.92 Å². The van der Waals surface area contributed by atoms with Gasteiger partial charge < -0.3 is 10.3 Å². The number of para-hydroxylation sites is 2. The van der Waals surface area contributed by atoms with Gasteiger partial charge in [0.1, 0.15) is 5.82 Å². The molecule has 0 bridgehead atoms. The Morgan fingerprint density at radius 2 is 2.05 bits per heavy atom. The number of imidazole rings is 1. The van der Waals surface area contributed by atoms with E-state index < -0.39 is 0 Å². The number of nitrogens with one attached hydrogen (secondary N) is 2. The zero-order valence-electron chi connectivity index (χ0n) is 12.2. The van der Waals surface area contributed by atoms with E-state index in [0.29, 0.717) is 17.9 Å². The van der Waals surface area contributed by atoms with Gasteiger partial charge in [-0.25, -0.2) is 4.98 Å².